The third-order valence-corrected chi connectivity index (χ3v) is 5.99. The van der Waals surface area contributed by atoms with Crippen molar-refractivity contribution in [2.45, 2.75) is 45.1 Å². The van der Waals surface area contributed by atoms with Gasteiger partial charge < -0.3 is 15.0 Å². The van der Waals surface area contributed by atoms with E-state index in [1.54, 1.807) is 0 Å². The fraction of sp³-hybridized carbons (Fsp3) is 0.440. The van der Waals surface area contributed by atoms with E-state index in [0.29, 0.717) is 30.6 Å². The highest BCUT2D eigenvalue weighted by molar-refractivity contribution is 5.94. The van der Waals surface area contributed by atoms with Gasteiger partial charge in [-0.2, -0.15) is 0 Å². The first kappa shape index (κ1) is 20.5. The van der Waals surface area contributed by atoms with Gasteiger partial charge in [-0.1, -0.05) is 24.3 Å². The molecule has 0 bridgehead atoms. The lowest BCUT2D eigenvalue weighted by Gasteiger charge is -2.33. The van der Waals surface area contributed by atoms with Crippen LogP contribution in [-0.4, -0.2) is 42.5 Å². The van der Waals surface area contributed by atoms with Crippen LogP contribution in [0.3, 0.4) is 0 Å². The second kappa shape index (κ2) is 9.33. The van der Waals surface area contributed by atoms with Crippen LogP contribution in [-0.2, 0) is 11.2 Å². The molecule has 4 rings (SSSR count). The van der Waals surface area contributed by atoms with Crippen LogP contribution < -0.4 is 10.1 Å². The Hall–Kier alpha value is -2.82. The predicted molar refractivity (Wildman–Crippen MR) is 117 cm³/mol. The predicted octanol–water partition coefficient (Wildman–Crippen LogP) is 3.75. The first-order chi connectivity index (χ1) is 14.6. The number of hydrogen-bond donors (Lipinski definition) is 1. The number of ether oxygens (including phenoxy) is 1. The molecule has 0 radical (unpaired) electrons. The Morgan fingerprint density at radius 3 is 2.57 bits per heavy atom. The normalized spacial score (nSPS) is 18.7. The largest absolute Gasteiger partial charge is 0.493 e. The molecule has 1 saturated carbocycles. The van der Waals surface area contributed by atoms with Gasteiger partial charge in [0.2, 0.25) is 5.91 Å². The van der Waals surface area contributed by atoms with Crippen molar-refractivity contribution in [2.24, 2.45) is 5.92 Å². The molecule has 1 N–H and O–H groups in total. The fourth-order valence-corrected chi connectivity index (χ4v) is 3.92. The van der Waals surface area contributed by atoms with Crippen LogP contribution in [0.25, 0.3) is 0 Å². The van der Waals surface area contributed by atoms with Crippen LogP contribution >= 0.6 is 0 Å². The molecule has 0 aromatic heterocycles. The van der Waals surface area contributed by atoms with Crippen molar-refractivity contribution in [1.82, 2.24) is 10.2 Å². The Morgan fingerprint density at radius 1 is 1.07 bits per heavy atom. The second-order valence-corrected chi connectivity index (χ2v) is 8.53. The monoisotopic (exact) mass is 406 g/mol. The van der Waals surface area contributed by atoms with Gasteiger partial charge in [-0.05, 0) is 68.0 Å². The summed E-state index contributed by atoms with van der Waals surface area (Å²) in [6, 6.07) is 15.8. The lowest BCUT2D eigenvalue weighted by Crippen LogP contribution is -2.42. The van der Waals surface area contributed by atoms with E-state index in [4.69, 9.17) is 4.74 Å². The van der Waals surface area contributed by atoms with Crippen LogP contribution in [0.2, 0.25) is 0 Å². The summed E-state index contributed by atoms with van der Waals surface area (Å²) in [5.41, 5.74) is 2.93. The summed E-state index contributed by atoms with van der Waals surface area (Å²) in [7, 11) is 0. The highest BCUT2D eigenvalue weighted by atomic mass is 16.5. The minimum atomic E-state index is -0.0147. The Kier molecular flexibility index (Phi) is 6.36. The summed E-state index contributed by atoms with van der Waals surface area (Å²) in [4.78, 5) is 26.8. The summed E-state index contributed by atoms with van der Waals surface area (Å²) >= 11 is 0. The minimum absolute atomic E-state index is 0.0147. The van der Waals surface area contributed by atoms with Gasteiger partial charge in [0.25, 0.3) is 5.91 Å². The van der Waals surface area contributed by atoms with Crippen molar-refractivity contribution in [2.75, 3.05) is 19.7 Å². The van der Waals surface area contributed by atoms with Gasteiger partial charge in [-0.3, -0.25) is 9.59 Å². The molecule has 1 aliphatic carbocycles. The first-order valence-electron chi connectivity index (χ1n) is 10.9. The molecule has 0 spiro atoms. The van der Waals surface area contributed by atoms with Crippen LogP contribution in [0.5, 0.6) is 5.75 Å². The van der Waals surface area contributed by atoms with Gasteiger partial charge in [-0.15, -0.1) is 0 Å². The van der Waals surface area contributed by atoms with Crippen LogP contribution in [0.15, 0.2) is 48.5 Å². The van der Waals surface area contributed by atoms with E-state index in [1.807, 2.05) is 47.4 Å². The number of benzene rings is 2. The Balaban J connectivity index is 1.26. The number of rotatable bonds is 7. The van der Waals surface area contributed by atoms with Crippen molar-refractivity contribution in [1.29, 1.82) is 0 Å². The molecule has 1 aliphatic heterocycles. The number of aryl methyl sites for hydroxylation is 1. The zero-order valence-corrected chi connectivity index (χ0v) is 17.6. The molecule has 1 atom stereocenters. The molecule has 2 fully saturated rings. The van der Waals surface area contributed by atoms with Gasteiger partial charge in [0.05, 0.1) is 13.0 Å². The van der Waals surface area contributed by atoms with Gasteiger partial charge in [0.15, 0.2) is 0 Å². The minimum Gasteiger partial charge on any atom is -0.493 e. The van der Waals surface area contributed by atoms with Crippen molar-refractivity contribution >= 4 is 11.8 Å². The van der Waals surface area contributed by atoms with E-state index in [0.717, 1.165) is 55.6 Å². The highest BCUT2D eigenvalue weighted by Gasteiger charge is 2.25. The van der Waals surface area contributed by atoms with Crippen molar-refractivity contribution in [3.63, 3.8) is 0 Å². The molecule has 2 aromatic rings. The number of nitrogens with zero attached hydrogens (tertiary/aromatic N) is 1. The summed E-state index contributed by atoms with van der Waals surface area (Å²) in [6.07, 6.45) is 4.70. The van der Waals surface area contributed by atoms with Gasteiger partial charge in [-0.25, -0.2) is 0 Å². The highest BCUT2D eigenvalue weighted by Crippen LogP contribution is 2.22. The fourth-order valence-electron chi connectivity index (χ4n) is 3.92. The molecular formula is C25H30N2O3. The van der Waals surface area contributed by atoms with Gasteiger partial charge in [0.1, 0.15) is 5.75 Å². The van der Waals surface area contributed by atoms with E-state index >= 15 is 0 Å². The van der Waals surface area contributed by atoms with E-state index < -0.39 is 0 Å². The molecule has 30 heavy (non-hydrogen) atoms. The standard InChI is InChI=1S/C25H30N2O3/c1-18-5-2-3-7-21(18)15-24(28)27-14-4-6-19(16-27)17-30-23-12-8-20(9-13-23)25(29)26-22-10-11-22/h2-3,5,7-9,12-13,19,22H,4,6,10-11,14-17H2,1H3,(H,26,29)/t19-/m1/s1. The summed E-state index contributed by atoms with van der Waals surface area (Å²) in [5.74, 6) is 1.28. The first-order valence-corrected chi connectivity index (χ1v) is 10.9. The third-order valence-electron chi connectivity index (χ3n) is 5.99. The van der Waals surface area contributed by atoms with E-state index in [1.165, 1.54) is 0 Å². The molecule has 2 aliphatic rings. The smallest absolute Gasteiger partial charge is 0.251 e. The number of carbonyl (C=O) groups is 2. The maximum atomic E-state index is 12.8. The van der Waals surface area contributed by atoms with Gasteiger partial charge >= 0.3 is 0 Å². The molecule has 1 heterocycles. The zero-order chi connectivity index (χ0) is 20.9. The number of nitrogens with one attached hydrogen (secondary N) is 1. The molecule has 0 unspecified atom stereocenters. The zero-order valence-electron chi connectivity index (χ0n) is 17.6. The van der Waals surface area contributed by atoms with E-state index in [-0.39, 0.29) is 11.8 Å². The number of piperidine rings is 1. The lowest BCUT2D eigenvalue weighted by atomic mass is 9.97. The number of hydrogen-bond acceptors (Lipinski definition) is 3. The Labute approximate surface area is 178 Å². The van der Waals surface area contributed by atoms with Crippen molar-refractivity contribution < 1.29 is 14.3 Å². The number of likely N-dealkylation sites (tertiary alicyclic amines) is 1. The summed E-state index contributed by atoms with van der Waals surface area (Å²) < 4.78 is 5.97. The maximum absolute atomic E-state index is 12.8. The average molecular weight is 407 g/mol. The molecule has 5 heteroatoms. The quantitative estimate of drug-likeness (QED) is 0.762. The van der Waals surface area contributed by atoms with E-state index in [2.05, 4.69) is 18.3 Å². The van der Waals surface area contributed by atoms with E-state index in [9.17, 15) is 9.59 Å². The SMILES string of the molecule is Cc1ccccc1CC(=O)N1CCC[C@@H](COc2ccc(C(=O)NC3CC3)cc2)C1. The van der Waals surface area contributed by atoms with Crippen molar-refractivity contribution in [3.8, 4) is 5.75 Å². The second-order valence-electron chi connectivity index (χ2n) is 8.53. The summed E-state index contributed by atoms with van der Waals surface area (Å²) in [5, 5.41) is 2.99. The van der Waals surface area contributed by atoms with Crippen LogP contribution in [0.4, 0.5) is 0 Å². The molecule has 158 valence electrons. The van der Waals surface area contributed by atoms with Crippen LogP contribution in [0, 0.1) is 12.8 Å². The lowest BCUT2D eigenvalue weighted by molar-refractivity contribution is -0.132. The van der Waals surface area contributed by atoms with Crippen LogP contribution in [0.1, 0.15) is 47.2 Å². The third kappa shape index (κ3) is 5.41. The Bertz CT molecular complexity index is 890. The maximum Gasteiger partial charge on any atom is 0.251 e. The molecule has 2 aromatic carbocycles. The molecule has 5 nitrogen and oxygen atoms in total. The Morgan fingerprint density at radius 2 is 1.83 bits per heavy atom. The number of amides is 2. The molecule has 2 amide bonds. The van der Waals surface area contributed by atoms with Crippen molar-refractivity contribution in [3.05, 3.63) is 65.2 Å². The summed E-state index contributed by atoms with van der Waals surface area (Å²) in [6.45, 7) is 4.21. The molecular weight excluding hydrogens is 376 g/mol. The van der Waals surface area contributed by atoms with Gasteiger partial charge in [0, 0.05) is 30.6 Å². The average Bonchev–Trinajstić information content (AvgIpc) is 3.58. The number of carbonyl (C=O) groups excluding carboxylic acids is 2. The molecule has 1 saturated heterocycles. The topological polar surface area (TPSA) is 58.6 Å².